The van der Waals surface area contributed by atoms with Crippen molar-refractivity contribution in [2.75, 3.05) is 0 Å². The molecule has 0 saturated carbocycles. The maximum atomic E-state index is 4.81. The lowest BCUT2D eigenvalue weighted by atomic mass is 9.79. The van der Waals surface area contributed by atoms with Crippen molar-refractivity contribution in [1.82, 2.24) is 15.0 Å². The predicted molar refractivity (Wildman–Crippen MR) is 236 cm³/mol. The number of nitrogens with zero attached hydrogens (tertiary/aromatic N) is 3. The molecule has 0 atom stereocenters. The third kappa shape index (κ3) is 6.01. The predicted octanol–water partition coefficient (Wildman–Crippen LogP) is 12.2. The summed E-state index contributed by atoms with van der Waals surface area (Å²) in [4.78, 5) is 14.4. The number of aryl methyl sites for hydroxylation is 1. The first-order valence-corrected chi connectivity index (χ1v) is 19.3. The molecule has 3 heteroatoms. The molecule has 0 N–H and O–H groups in total. The standard InChI is InChI=1S/C54H41N3/c1-8-40-39(27-24-35-22-20-34(3)21-23-35)31-48-50(41(40)9-2)44-33-46-43(32-47(44)54(48,6)7)42-28-25-36(30-45(42)53(46,4)5)26-29-49-55-51(37-16-12-10-13-17-37)57-52(56-49)38-18-14-11-15-19-38/h8-23,25,28,30-33H,1-2H2,3-7H3. The Kier molecular flexibility index (Phi) is 8.50. The van der Waals surface area contributed by atoms with Gasteiger partial charge in [-0.15, -0.1) is 0 Å². The minimum absolute atomic E-state index is 0.252. The fraction of sp³-hybridized carbons (Fsp3) is 0.130. The number of aromatic nitrogens is 3. The van der Waals surface area contributed by atoms with Crippen LogP contribution >= 0.6 is 0 Å². The Hall–Kier alpha value is -7.07. The van der Waals surface area contributed by atoms with Gasteiger partial charge in [-0.2, -0.15) is 0 Å². The smallest absolute Gasteiger partial charge is 0.208 e. The minimum Gasteiger partial charge on any atom is -0.208 e. The highest BCUT2D eigenvalue weighted by molar-refractivity contribution is 5.95. The quantitative estimate of drug-likeness (QED) is 0.169. The number of hydrogen-bond acceptors (Lipinski definition) is 3. The molecule has 7 aromatic rings. The van der Waals surface area contributed by atoms with E-state index in [2.05, 4.69) is 132 Å². The molecule has 6 aromatic carbocycles. The summed E-state index contributed by atoms with van der Waals surface area (Å²) in [6.07, 6.45) is 3.91. The monoisotopic (exact) mass is 731 g/mol. The van der Waals surface area contributed by atoms with E-state index in [1.54, 1.807) is 0 Å². The summed E-state index contributed by atoms with van der Waals surface area (Å²) in [6.45, 7) is 19.9. The van der Waals surface area contributed by atoms with Gasteiger partial charge in [0.15, 0.2) is 11.6 Å². The maximum Gasteiger partial charge on any atom is 0.209 e. The van der Waals surface area contributed by atoms with Gasteiger partial charge in [0.25, 0.3) is 0 Å². The molecular formula is C54H41N3. The van der Waals surface area contributed by atoms with Gasteiger partial charge < -0.3 is 0 Å². The number of fused-ring (bicyclic) bond motifs is 6. The van der Waals surface area contributed by atoms with Gasteiger partial charge in [-0.1, -0.05) is 155 Å². The van der Waals surface area contributed by atoms with E-state index in [-0.39, 0.29) is 10.8 Å². The van der Waals surface area contributed by atoms with E-state index in [4.69, 9.17) is 15.0 Å². The zero-order valence-corrected chi connectivity index (χ0v) is 33.0. The van der Waals surface area contributed by atoms with Crippen molar-refractivity contribution >= 4 is 12.2 Å². The van der Waals surface area contributed by atoms with E-state index in [9.17, 15) is 0 Å². The molecule has 0 spiro atoms. The van der Waals surface area contributed by atoms with Crippen molar-refractivity contribution < 1.29 is 0 Å². The van der Waals surface area contributed by atoms with E-state index in [1.165, 1.54) is 50.1 Å². The van der Waals surface area contributed by atoms with Crippen LogP contribution in [-0.4, -0.2) is 15.0 Å². The zero-order chi connectivity index (χ0) is 39.5. The lowest BCUT2D eigenvalue weighted by Crippen LogP contribution is -2.17. The van der Waals surface area contributed by atoms with E-state index in [1.807, 2.05) is 72.8 Å². The Morgan fingerprint density at radius 1 is 0.491 bits per heavy atom. The van der Waals surface area contributed by atoms with Crippen LogP contribution in [0.4, 0.5) is 0 Å². The summed E-state index contributed by atoms with van der Waals surface area (Å²) < 4.78 is 0. The second kappa shape index (κ2) is 13.6. The molecule has 0 radical (unpaired) electrons. The first kappa shape index (κ1) is 35.6. The molecule has 2 aliphatic rings. The molecule has 0 bridgehead atoms. The van der Waals surface area contributed by atoms with Gasteiger partial charge in [-0.05, 0) is 111 Å². The van der Waals surface area contributed by atoms with Gasteiger partial charge >= 0.3 is 0 Å². The van der Waals surface area contributed by atoms with Gasteiger partial charge in [0, 0.05) is 38.6 Å². The van der Waals surface area contributed by atoms with Crippen molar-refractivity contribution in [2.24, 2.45) is 0 Å². The topological polar surface area (TPSA) is 38.7 Å². The van der Waals surface area contributed by atoms with Crippen LogP contribution in [0, 0.1) is 30.6 Å². The van der Waals surface area contributed by atoms with Gasteiger partial charge in [-0.25, -0.2) is 15.0 Å². The highest BCUT2D eigenvalue weighted by Crippen LogP contribution is 2.57. The summed E-state index contributed by atoms with van der Waals surface area (Å²) in [5.41, 5.74) is 17.7. The Morgan fingerprint density at radius 2 is 1.04 bits per heavy atom. The Morgan fingerprint density at radius 3 is 1.67 bits per heavy atom. The highest BCUT2D eigenvalue weighted by atomic mass is 15.0. The molecule has 3 nitrogen and oxygen atoms in total. The molecule has 2 aliphatic carbocycles. The minimum atomic E-state index is -0.256. The average molecular weight is 732 g/mol. The van der Waals surface area contributed by atoms with E-state index in [0.29, 0.717) is 17.5 Å². The second-order valence-electron chi connectivity index (χ2n) is 15.9. The molecule has 0 saturated heterocycles. The normalized spacial score (nSPS) is 13.5. The lowest BCUT2D eigenvalue weighted by Gasteiger charge is -2.24. The highest BCUT2D eigenvalue weighted by Gasteiger charge is 2.42. The average Bonchev–Trinajstić information content (AvgIpc) is 3.60. The summed E-state index contributed by atoms with van der Waals surface area (Å²) in [7, 11) is 0. The van der Waals surface area contributed by atoms with Crippen LogP contribution in [-0.2, 0) is 10.8 Å². The van der Waals surface area contributed by atoms with Gasteiger partial charge in [0.05, 0.1) is 0 Å². The van der Waals surface area contributed by atoms with E-state index in [0.717, 1.165) is 38.9 Å². The molecule has 1 heterocycles. The van der Waals surface area contributed by atoms with Crippen molar-refractivity contribution in [3.63, 3.8) is 0 Å². The van der Waals surface area contributed by atoms with Crippen LogP contribution in [0.15, 0.2) is 134 Å². The molecular weight excluding hydrogens is 691 g/mol. The van der Waals surface area contributed by atoms with Crippen LogP contribution in [0.1, 0.15) is 89.2 Å². The molecule has 0 fully saturated rings. The van der Waals surface area contributed by atoms with Crippen LogP contribution in [0.25, 0.3) is 57.2 Å². The first-order chi connectivity index (χ1) is 27.6. The largest absolute Gasteiger partial charge is 0.209 e. The molecule has 272 valence electrons. The molecule has 0 aliphatic heterocycles. The summed E-state index contributed by atoms with van der Waals surface area (Å²) in [5.74, 6) is 15.2. The Bertz CT molecular complexity index is 2870. The fourth-order valence-electron chi connectivity index (χ4n) is 8.53. The third-order valence-corrected chi connectivity index (χ3v) is 11.7. The van der Waals surface area contributed by atoms with Crippen molar-refractivity contribution in [3.05, 3.63) is 196 Å². The van der Waals surface area contributed by atoms with Crippen LogP contribution < -0.4 is 0 Å². The molecule has 9 rings (SSSR count). The molecule has 0 amide bonds. The van der Waals surface area contributed by atoms with Crippen LogP contribution in [0.3, 0.4) is 0 Å². The number of hydrogen-bond donors (Lipinski definition) is 0. The van der Waals surface area contributed by atoms with Crippen molar-refractivity contribution in [3.8, 4) is 68.7 Å². The summed E-state index contributed by atoms with van der Waals surface area (Å²) in [5, 5.41) is 0. The van der Waals surface area contributed by atoms with Gasteiger partial charge in [0.2, 0.25) is 5.82 Å². The first-order valence-electron chi connectivity index (χ1n) is 19.3. The maximum absolute atomic E-state index is 4.81. The van der Waals surface area contributed by atoms with Crippen molar-refractivity contribution in [2.45, 2.75) is 45.4 Å². The number of benzene rings is 6. The van der Waals surface area contributed by atoms with Gasteiger partial charge in [-0.3, -0.25) is 0 Å². The van der Waals surface area contributed by atoms with Crippen LogP contribution in [0.2, 0.25) is 0 Å². The number of rotatable bonds is 4. The van der Waals surface area contributed by atoms with E-state index < -0.39 is 0 Å². The SMILES string of the molecule is C=Cc1c(C#Cc2ccc(C)cc2)cc2c(c1C=C)-c1cc3c(cc1C2(C)C)-c1ccc(C#Cc2nc(-c4ccccc4)nc(-c4ccccc4)n2)cc1C3(C)C. The second-order valence-corrected chi connectivity index (χ2v) is 15.9. The summed E-state index contributed by atoms with van der Waals surface area (Å²) >= 11 is 0. The van der Waals surface area contributed by atoms with E-state index >= 15 is 0 Å². The lowest BCUT2D eigenvalue weighted by molar-refractivity contribution is 0.652. The Balaban J connectivity index is 1.11. The van der Waals surface area contributed by atoms with Gasteiger partial charge in [0.1, 0.15) is 0 Å². The van der Waals surface area contributed by atoms with Crippen molar-refractivity contribution in [1.29, 1.82) is 0 Å². The fourth-order valence-corrected chi connectivity index (χ4v) is 8.53. The third-order valence-electron chi connectivity index (χ3n) is 11.7. The molecule has 1 aromatic heterocycles. The molecule has 57 heavy (non-hydrogen) atoms. The molecule has 0 unspecified atom stereocenters. The summed E-state index contributed by atoms with van der Waals surface area (Å²) in [6, 6.07) is 42.1. The zero-order valence-electron chi connectivity index (χ0n) is 33.0. The Labute approximate surface area is 336 Å². The van der Waals surface area contributed by atoms with Crippen LogP contribution in [0.5, 0.6) is 0 Å².